The van der Waals surface area contributed by atoms with Crippen molar-refractivity contribution in [1.82, 2.24) is 25.3 Å². The molecule has 1 unspecified atom stereocenters. The SMILES string of the molecule is O=C(NCCn1ncccc1=O)C1CNC(=O)N(Cc2ccccc2Cl)C1=O. The van der Waals surface area contributed by atoms with Gasteiger partial charge in [0.1, 0.15) is 5.92 Å². The van der Waals surface area contributed by atoms with Gasteiger partial charge in [-0.2, -0.15) is 5.10 Å². The summed E-state index contributed by atoms with van der Waals surface area (Å²) >= 11 is 6.09. The predicted molar refractivity (Wildman–Crippen MR) is 100 cm³/mol. The van der Waals surface area contributed by atoms with Crippen LogP contribution in [-0.4, -0.2) is 45.6 Å². The maximum absolute atomic E-state index is 12.7. The van der Waals surface area contributed by atoms with Gasteiger partial charge in [0.2, 0.25) is 11.8 Å². The van der Waals surface area contributed by atoms with Crippen LogP contribution in [0.15, 0.2) is 47.4 Å². The number of urea groups is 1. The maximum Gasteiger partial charge on any atom is 0.324 e. The van der Waals surface area contributed by atoms with Crippen molar-refractivity contribution in [2.75, 3.05) is 13.1 Å². The van der Waals surface area contributed by atoms with E-state index in [-0.39, 0.29) is 31.7 Å². The molecule has 1 aliphatic rings. The molecule has 0 aliphatic carbocycles. The van der Waals surface area contributed by atoms with Crippen molar-refractivity contribution in [3.63, 3.8) is 0 Å². The summed E-state index contributed by atoms with van der Waals surface area (Å²) in [7, 11) is 0. The van der Waals surface area contributed by atoms with Crippen LogP contribution >= 0.6 is 11.6 Å². The van der Waals surface area contributed by atoms with Gasteiger partial charge in [-0.15, -0.1) is 0 Å². The lowest BCUT2D eigenvalue weighted by molar-refractivity contribution is -0.141. The molecular weight excluding hydrogens is 386 g/mol. The van der Waals surface area contributed by atoms with E-state index in [2.05, 4.69) is 15.7 Å². The van der Waals surface area contributed by atoms with Crippen LogP contribution in [0, 0.1) is 5.92 Å². The molecule has 1 atom stereocenters. The minimum Gasteiger partial charge on any atom is -0.353 e. The summed E-state index contributed by atoms with van der Waals surface area (Å²) in [4.78, 5) is 49.8. The molecule has 0 spiro atoms. The first-order valence-corrected chi connectivity index (χ1v) is 8.97. The number of imide groups is 1. The molecule has 0 bridgehead atoms. The maximum atomic E-state index is 12.7. The van der Waals surface area contributed by atoms with Crippen molar-refractivity contribution < 1.29 is 14.4 Å². The van der Waals surface area contributed by atoms with E-state index >= 15 is 0 Å². The third-order valence-corrected chi connectivity index (χ3v) is 4.65. The molecule has 28 heavy (non-hydrogen) atoms. The highest BCUT2D eigenvalue weighted by atomic mass is 35.5. The summed E-state index contributed by atoms with van der Waals surface area (Å²) in [5.74, 6) is -2.19. The summed E-state index contributed by atoms with van der Waals surface area (Å²) in [6.45, 7) is 0.170. The zero-order chi connectivity index (χ0) is 20.1. The number of benzene rings is 1. The average Bonchev–Trinajstić information content (AvgIpc) is 2.68. The highest BCUT2D eigenvalue weighted by Crippen LogP contribution is 2.19. The van der Waals surface area contributed by atoms with E-state index in [1.165, 1.54) is 23.0 Å². The van der Waals surface area contributed by atoms with E-state index in [4.69, 9.17) is 11.6 Å². The summed E-state index contributed by atoms with van der Waals surface area (Å²) in [6.07, 6.45) is 1.47. The molecule has 1 fully saturated rings. The monoisotopic (exact) mass is 403 g/mol. The highest BCUT2D eigenvalue weighted by molar-refractivity contribution is 6.31. The van der Waals surface area contributed by atoms with Crippen LogP contribution in [-0.2, 0) is 22.7 Å². The fourth-order valence-corrected chi connectivity index (χ4v) is 2.97. The Balaban J connectivity index is 1.62. The molecule has 1 aromatic carbocycles. The van der Waals surface area contributed by atoms with E-state index < -0.39 is 23.8 Å². The zero-order valence-electron chi connectivity index (χ0n) is 14.8. The zero-order valence-corrected chi connectivity index (χ0v) is 15.6. The first-order valence-electron chi connectivity index (χ1n) is 8.60. The van der Waals surface area contributed by atoms with Crippen molar-refractivity contribution in [1.29, 1.82) is 0 Å². The molecule has 0 saturated carbocycles. The lowest BCUT2D eigenvalue weighted by Crippen LogP contribution is -2.58. The Morgan fingerprint density at radius 1 is 1.21 bits per heavy atom. The van der Waals surface area contributed by atoms with Crippen molar-refractivity contribution in [2.24, 2.45) is 5.92 Å². The van der Waals surface area contributed by atoms with Crippen LogP contribution in [0.3, 0.4) is 0 Å². The largest absolute Gasteiger partial charge is 0.353 e. The third-order valence-electron chi connectivity index (χ3n) is 4.28. The van der Waals surface area contributed by atoms with Crippen LogP contribution in [0.1, 0.15) is 5.56 Å². The summed E-state index contributed by atoms with van der Waals surface area (Å²) in [6, 6.07) is 9.17. The Labute approximate surface area is 165 Å². The lowest BCUT2D eigenvalue weighted by atomic mass is 10.0. The van der Waals surface area contributed by atoms with Crippen molar-refractivity contribution >= 4 is 29.4 Å². The van der Waals surface area contributed by atoms with E-state index in [9.17, 15) is 19.2 Å². The van der Waals surface area contributed by atoms with Gasteiger partial charge in [-0.05, 0) is 17.7 Å². The van der Waals surface area contributed by atoms with Crippen molar-refractivity contribution in [3.8, 4) is 0 Å². The van der Waals surface area contributed by atoms with Gasteiger partial charge in [-0.1, -0.05) is 29.8 Å². The number of nitrogens with one attached hydrogen (secondary N) is 2. The van der Waals surface area contributed by atoms with Crippen LogP contribution < -0.4 is 16.2 Å². The second kappa shape index (κ2) is 8.66. The molecule has 2 aromatic rings. The Kier molecular flexibility index (Phi) is 6.05. The average molecular weight is 404 g/mol. The fourth-order valence-electron chi connectivity index (χ4n) is 2.78. The molecule has 1 aliphatic heterocycles. The van der Waals surface area contributed by atoms with E-state index in [0.29, 0.717) is 10.6 Å². The van der Waals surface area contributed by atoms with Gasteiger partial charge in [0, 0.05) is 30.4 Å². The second-order valence-electron chi connectivity index (χ2n) is 6.13. The summed E-state index contributed by atoms with van der Waals surface area (Å²) in [5, 5.41) is 9.46. The summed E-state index contributed by atoms with van der Waals surface area (Å²) < 4.78 is 1.20. The molecule has 146 valence electrons. The molecule has 2 heterocycles. The predicted octanol–water partition coefficient (Wildman–Crippen LogP) is 0.381. The Morgan fingerprint density at radius 3 is 2.75 bits per heavy atom. The molecule has 0 radical (unpaired) electrons. The van der Waals surface area contributed by atoms with Gasteiger partial charge in [-0.25, -0.2) is 9.48 Å². The number of halogens is 1. The van der Waals surface area contributed by atoms with Crippen LogP contribution in [0.5, 0.6) is 0 Å². The van der Waals surface area contributed by atoms with Crippen molar-refractivity contribution in [2.45, 2.75) is 13.1 Å². The number of amides is 4. The summed E-state index contributed by atoms with van der Waals surface area (Å²) in [5.41, 5.74) is 0.312. The first kappa shape index (κ1) is 19.6. The number of aromatic nitrogens is 2. The number of nitrogens with zero attached hydrogens (tertiary/aromatic N) is 3. The van der Waals surface area contributed by atoms with Crippen LogP contribution in [0.25, 0.3) is 0 Å². The number of carbonyl (C=O) groups excluding carboxylic acids is 3. The molecule has 1 saturated heterocycles. The van der Waals surface area contributed by atoms with Crippen molar-refractivity contribution in [3.05, 3.63) is 63.5 Å². The van der Waals surface area contributed by atoms with Gasteiger partial charge in [-0.3, -0.25) is 19.3 Å². The molecular formula is C18H18ClN5O4. The van der Waals surface area contributed by atoms with E-state index in [0.717, 1.165) is 4.90 Å². The third kappa shape index (κ3) is 4.37. The molecule has 1 aromatic heterocycles. The van der Waals surface area contributed by atoms with Gasteiger partial charge in [0.05, 0.1) is 13.1 Å². The van der Waals surface area contributed by atoms with Gasteiger partial charge >= 0.3 is 6.03 Å². The lowest BCUT2D eigenvalue weighted by Gasteiger charge is -2.31. The molecule has 2 N–H and O–H groups in total. The normalized spacial score (nSPS) is 16.6. The van der Waals surface area contributed by atoms with Gasteiger partial charge < -0.3 is 10.6 Å². The molecule has 4 amide bonds. The Hall–Kier alpha value is -3.20. The topological polar surface area (TPSA) is 113 Å². The fraction of sp³-hybridized carbons (Fsp3) is 0.278. The molecule has 3 rings (SSSR count). The van der Waals surface area contributed by atoms with Gasteiger partial charge in [0.15, 0.2) is 0 Å². The first-order chi connectivity index (χ1) is 13.5. The minimum atomic E-state index is -1.05. The minimum absolute atomic E-state index is 0.0303. The number of rotatable bonds is 6. The van der Waals surface area contributed by atoms with Crippen LogP contribution in [0.4, 0.5) is 4.79 Å². The Morgan fingerprint density at radius 2 is 2.00 bits per heavy atom. The Bertz CT molecular complexity index is 961. The van der Waals surface area contributed by atoms with Crippen LogP contribution in [0.2, 0.25) is 5.02 Å². The number of hydrogen-bond acceptors (Lipinski definition) is 5. The van der Waals surface area contributed by atoms with E-state index in [1.807, 2.05) is 0 Å². The molecule has 9 nitrogen and oxygen atoms in total. The quantitative estimate of drug-likeness (QED) is 0.677. The van der Waals surface area contributed by atoms with Gasteiger partial charge in [0.25, 0.3) is 5.56 Å². The smallest absolute Gasteiger partial charge is 0.324 e. The van der Waals surface area contributed by atoms with E-state index in [1.54, 1.807) is 24.3 Å². The standard InChI is InChI=1S/C18H18ClN5O4/c19-14-5-2-1-4-12(14)11-23-17(27)13(10-21-18(23)28)16(26)20-8-9-24-15(25)6-3-7-22-24/h1-7,13H,8-11H2,(H,20,26)(H,21,28). The number of carbonyl (C=O) groups is 3. The number of hydrogen-bond donors (Lipinski definition) is 2. The molecule has 10 heteroatoms. The second-order valence-corrected chi connectivity index (χ2v) is 6.54. The highest BCUT2D eigenvalue weighted by Gasteiger charge is 2.38.